The maximum absolute atomic E-state index is 12.9. The van der Waals surface area contributed by atoms with E-state index in [2.05, 4.69) is 22.9 Å². The first-order valence-corrected chi connectivity index (χ1v) is 11.6. The van der Waals surface area contributed by atoms with E-state index in [0.717, 1.165) is 42.3 Å². The molecule has 1 heterocycles. The summed E-state index contributed by atoms with van der Waals surface area (Å²) in [6.45, 7) is 3.95. The third-order valence-corrected chi connectivity index (χ3v) is 6.92. The monoisotopic (exact) mass is 464 g/mol. The zero-order valence-electron chi connectivity index (χ0n) is 19.0. The van der Waals surface area contributed by atoms with Crippen LogP contribution in [0, 0.1) is 11.8 Å². The van der Waals surface area contributed by atoms with Gasteiger partial charge < -0.3 is 14.8 Å². The van der Waals surface area contributed by atoms with Gasteiger partial charge in [0, 0.05) is 28.4 Å². The second kappa shape index (κ2) is 10.3. The Morgan fingerprint density at radius 3 is 2.39 bits per heavy atom. The number of amides is 1. The predicted octanol–water partition coefficient (Wildman–Crippen LogP) is 6.62. The van der Waals surface area contributed by atoms with Gasteiger partial charge in [0.05, 0.1) is 25.7 Å². The number of ether oxygens (including phenoxy) is 2. The number of nitrogens with one attached hydrogen (secondary N) is 1. The summed E-state index contributed by atoms with van der Waals surface area (Å²) in [5, 5.41) is 4.75. The standard InChI is InChI=1S/C27H29ClN2O3/c1-4-21(27(31)30-20-11-9-19(28)10-12-20)17-5-7-18(8-6-17)22-13-14-29-24-16-26(33-3)25(32-2)15-23(22)24/h4,9-18,21H,1,5-8H2,2-3H3,(H,30,31)/t17?,18?,21-/m0/s1. The molecule has 1 amide bonds. The number of carbonyl (C=O) groups excluding carboxylic acids is 1. The van der Waals surface area contributed by atoms with Crippen molar-refractivity contribution < 1.29 is 14.3 Å². The summed E-state index contributed by atoms with van der Waals surface area (Å²) < 4.78 is 11.0. The Balaban J connectivity index is 1.47. The zero-order chi connectivity index (χ0) is 23.4. The Labute approximate surface area is 199 Å². The molecule has 0 radical (unpaired) electrons. The Kier molecular flexibility index (Phi) is 7.19. The highest BCUT2D eigenvalue weighted by Crippen LogP contribution is 2.42. The van der Waals surface area contributed by atoms with Gasteiger partial charge in [-0.3, -0.25) is 9.78 Å². The second-order valence-electron chi connectivity index (χ2n) is 8.49. The minimum atomic E-state index is -0.222. The van der Waals surface area contributed by atoms with Crippen LogP contribution < -0.4 is 14.8 Å². The van der Waals surface area contributed by atoms with Gasteiger partial charge in [-0.2, -0.15) is 0 Å². The summed E-state index contributed by atoms with van der Waals surface area (Å²) >= 11 is 5.95. The van der Waals surface area contributed by atoms with Gasteiger partial charge in [0.15, 0.2) is 11.5 Å². The number of anilines is 1. The van der Waals surface area contributed by atoms with Crippen LogP contribution in [0.1, 0.15) is 37.2 Å². The lowest BCUT2D eigenvalue weighted by Crippen LogP contribution is -2.30. The SMILES string of the molecule is C=C[C@H](C(=O)Nc1ccc(Cl)cc1)C1CCC(c2ccnc3cc(OC)c(OC)cc23)CC1. The summed E-state index contributed by atoms with van der Waals surface area (Å²) in [6.07, 6.45) is 7.60. The van der Waals surface area contributed by atoms with Crippen molar-refractivity contribution in [3.8, 4) is 11.5 Å². The highest BCUT2D eigenvalue weighted by atomic mass is 35.5. The van der Waals surface area contributed by atoms with Crippen LogP contribution in [0.2, 0.25) is 5.02 Å². The number of methoxy groups -OCH3 is 2. The molecule has 1 aliphatic rings. The van der Waals surface area contributed by atoms with E-state index in [-0.39, 0.29) is 17.7 Å². The number of pyridine rings is 1. The van der Waals surface area contributed by atoms with Crippen LogP contribution in [0.25, 0.3) is 10.9 Å². The number of hydrogen-bond acceptors (Lipinski definition) is 4. The van der Waals surface area contributed by atoms with E-state index in [1.54, 1.807) is 32.4 Å². The fourth-order valence-corrected chi connectivity index (χ4v) is 5.04. The Hall–Kier alpha value is -3.05. The van der Waals surface area contributed by atoms with Crippen molar-refractivity contribution in [3.63, 3.8) is 0 Å². The number of halogens is 1. The zero-order valence-corrected chi connectivity index (χ0v) is 19.8. The van der Waals surface area contributed by atoms with E-state index in [0.29, 0.717) is 22.4 Å². The number of fused-ring (bicyclic) bond motifs is 1. The third kappa shape index (κ3) is 4.98. The van der Waals surface area contributed by atoms with Crippen molar-refractivity contribution in [1.82, 2.24) is 4.98 Å². The maximum Gasteiger partial charge on any atom is 0.231 e. The number of benzene rings is 2. The predicted molar refractivity (Wildman–Crippen MR) is 133 cm³/mol. The third-order valence-electron chi connectivity index (χ3n) is 6.67. The number of rotatable bonds is 7. The molecule has 2 aromatic carbocycles. The molecule has 0 unspecified atom stereocenters. The fraction of sp³-hybridized carbons (Fsp3) is 0.333. The molecule has 4 rings (SSSR count). The van der Waals surface area contributed by atoms with Crippen LogP contribution >= 0.6 is 11.6 Å². The molecule has 6 heteroatoms. The van der Waals surface area contributed by atoms with Gasteiger partial charge in [-0.1, -0.05) is 17.7 Å². The Morgan fingerprint density at radius 2 is 1.76 bits per heavy atom. The van der Waals surface area contributed by atoms with Gasteiger partial charge in [-0.05, 0) is 79.5 Å². The average molecular weight is 465 g/mol. The van der Waals surface area contributed by atoms with Crippen molar-refractivity contribution in [2.24, 2.45) is 11.8 Å². The number of aromatic nitrogens is 1. The quantitative estimate of drug-likeness (QED) is 0.399. The summed E-state index contributed by atoms with van der Waals surface area (Å²) in [5.41, 5.74) is 2.93. The van der Waals surface area contributed by atoms with Gasteiger partial charge in [-0.25, -0.2) is 0 Å². The first kappa shape index (κ1) is 23.1. The van der Waals surface area contributed by atoms with Gasteiger partial charge in [-0.15, -0.1) is 6.58 Å². The van der Waals surface area contributed by atoms with E-state index < -0.39 is 0 Å². The summed E-state index contributed by atoms with van der Waals surface area (Å²) in [6, 6.07) is 13.2. The number of hydrogen-bond donors (Lipinski definition) is 1. The molecule has 0 bridgehead atoms. The molecule has 0 saturated heterocycles. The first-order valence-electron chi connectivity index (χ1n) is 11.2. The average Bonchev–Trinajstić information content (AvgIpc) is 2.85. The molecule has 5 nitrogen and oxygen atoms in total. The normalized spacial score (nSPS) is 19.0. The topological polar surface area (TPSA) is 60.5 Å². The lowest BCUT2D eigenvalue weighted by molar-refractivity contribution is -0.120. The molecule has 172 valence electrons. The molecular weight excluding hydrogens is 436 g/mol. The van der Waals surface area contributed by atoms with E-state index in [1.807, 2.05) is 30.5 Å². The molecule has 1 aromatic heterocycles. The minimum Gasteiger partial charge on any atom is -0.493 e. The largest absolute Gasteiger partial charge is 0.493 e. The molecule has 1 saturated carbocycles. The van der Waals surface area contributed by atoms with E-state index in [4.69, 9.17) is 21.1 Å². The van der Waals surface area contributed by atoms with Gasteiger partial charge >= 0.3 is 0 Å². The fourth-order valence-electron chi connectivity index (χ4n) is 4.91. The summed E-state index contributed by atoms with van der Waals surface area (Å²) in [5.74, 6) is 1.84. The van der Waals surface area contributed by atoms with Crippen molar-refractivity contribution >= 4 is 34.1 Å². The van der Waals surface area contributed by atoms with Gasteiger partial charge in [0.1, 0.15) is 0 Å². The van der Waals surface area contributed by atoms with Crippen LogP contribution in [0.3, 0.4) is 0 Å². The van der Waals surface area contributed by atoms with Crippen LogP contribution in [0.4, 0.5) is 5.69 Å². The summed E-state index contributed by atoms with van der Waals surface area (Å²) in [7, 11) is 3.28. The molecule has 1 fully saturated rings. The number of carbonyl (C=O) groups is 1. The van der Waals surface area contributed by atoms with Crippen LogP contribution in [-0.2, 0) is 4.79 Å². The van der Waals surface area contributed by atoms with E-state index in [9.17, 15) is 4.79 Å². The molecule has 3 aromatic rings. The van der Waals surface area contributed by atoms with Crippen molar-refractivity contribution in [2.75, 3.05) is 19.5 Å². The molecule has 0 aliphatic heterocycles. The number of nitrogens with zero attached hydrogens (tertiary/aromatic N) is 1. The van der Waals surface area contributed by atoms with Gasteiger partial charge in [0.25, 0.3) is 0 Å². The molecule has 1 atom stereocenters. The van der Waals surface area contributed by atoms with Crippen LogP contribution in [-0.4, -0.2) is 25.1 Å². The lowest BCUT2D eigenvalue weighted by Gasteiger charge is -2.32. The first-order chi connectivity index (χ1) is 16.0. The molecule has 33 heavy (non-hydrogen) atoms. The highest BCUT2D eigenvalue weighted by molar-refractivity contribution is 6.30. The molecule has 1 N–H and O–H groups in total. The minimum absolute atomic E-state index is 0.0121. The maximum atomic E-state index is 12.9. The Bertz CT molecular complexity index is 1140. The van der Waals surface area contributed by atoms with Crippen LogP contribution in [0.5, 0.6) is 11.5 Å². The second-order valence-corrected chi connectivity index (χ2v) is 8.93. The van der Waals surface area contributed by atoms with Crippen LogP contribution in [0.15, 0.2) is 61.3 Å². The van der Waals surface area contributed by atoms with Gasteiger partial charge in [0.2, 0.25) is 5.91 Å². The Morgan fingerprint density at radius 1 is 1.09 bits per heavy atom. The molecular formula is C27H29ClN2O3. The summed E-state index contributed by atoms with van der Waals surface area (Å²) in [4.78, 5) is 17.5. The molecule has 1 aliphatic carbocycles. The smallest absolute Gasteiger partial charge is 0.231 e. The van der Waals surface area contributed by atoms with Crippen molar-refractivity contribution in [1.29, 1.82) is 0 Å². The van der Waals surface area contributed by atoms with E-state index in [1.165, 1.54) is 5.56 Å². The molecule has 0 spiro atoms. The van der Waals surface area contributed by atoms with E-state index >= 15 is 0 Å². The highest BCUT2D eigenvalue weighted by Gasteiger charge is 2.31. The van der Waals surface area contributed by atoms with Crippen molar-refractivity contribution in [2.45, 2.75) is 31.6 Å². The van der Waals surface area contributed by atoms with Crippen molar-refractivity contribution in [3.05, 3.63) is 71.9 Å². The lowest BCUT2D eigenvalue weighted by atomic mass is 9.73.